The number of carboxylic acids is 1. The summed E-state index contributed by atoms with van der Waals surface area (Å²) in [6.07, 6.45) is 1.82. The summed E-state index contributed by atoms with van der Waals surface area (Å²) in [5, 5.41) is 25.5. The molecule has 0 aliphatic carbocycles. The van der Waals surface area contributed by atoms with Gasteiger partial charge in [0.1, 0.15) is 0 Å². The monoisotopic (exact) mass is 210 g/mol. The third kappa shape index (κ3) is 5.36. The van der Waals surface area contributed by atoms with Crippen molar-refractivity contribution in [2.45, 2.75) is 13.3 Å². The molecule has 1 aromatic carbocycles. The van der Waals surface area contributed by atoms with E-state index in [1.54, 1.807) is 19.1 Å². The molecule has 0 aliphatic heterocycles. The fraction of sp³-hybridized carbons (Fsp3) is 0.182. The van der Waals surface area contributed by atoms with Gasteiger partial charge >= 0.3 is 5.97 Å². The smallest absolute Gasteiger partial charge is 0.303 e. The van der Waals surface area contributed by atoms with Gasteiger partial charge in [0.05, 0.1) is 0 Å². The Morgan fingerprint density at radius 3 is 2.27 bits per heavy atom. The van der Waals surface area contributed by atoms with Crippen LogP contribution in [0.2, 0.25) is 0 Å². The van der Waals surface area contributed by atoms with Crippen molar-refractivity contribution in [1.82, 2.24) is 0 Å². The van der Waals surface area contributed by atoms with Gasteiger partial charge in [-0.15, -0.1) is 0 Å². The molecule has 4 heteroatoms. The van der Waals surface area contributed by atoms with E-state index in [0.29, 0.717) is 0 Å². The predicted octanol–water partition coefficient (Wildman–Crippen LogP) is 2.22. The average molecular weight is 210 g/mol. The Morgan fingerprint density at radius 1 is 1.40 bits per heavy atom. The highest BCUT2D eigenvalue weighted by molar-refractivity contribution is 5.66. The number of rotatable bonds is 2. The number of carbonyl (C=O) groups is 1. The highest BCUT2D eigenvalue weighted by Crippen LogP contribution is 2.24. The van der Waals surface area contributed by atoms with Crippen molar-refractivity contribution in [3.05, 3.63) is 30.3 Å². The normalized spacial score (nSPS) is 8.60. The first-order valence-electron chi connectivity index (χ1n) is 4.37. The van der Waals surface area contributed by atoms with E-state index >= 15 is 0 Å². The number of aromatic hydroxyl groups is 2. The first kappa shape index (κ1) is 13.0. The summed E-state index contributed by atoms with van der Waals surface area (Å²) in [5.41, 5.74) is 0.787. The van der Waals surface area contributed by atoms with E-state index in [-0.39, 0.29) is 17.9 Å². The van der Waals surface area contributed by atoms with Crippen LogP contribution < -0.4 is 0 Å². The Labute approximate surface area is 88.1 Å². The quantitative estimate of drug-likeness (QED) is 0.654. The molecule has 4 nitrogen and oxygen atoms in total. The molecule has 0 heterocycles. The molecule has 0 saturated carbocycles. The topological polar surface area (TPSA) is 77.8 Å². The molecule has 15 heavy (non-hydrogen) atoms. The van der Waals surface area contributed by atoms with Gasteiger partial charge < -0.3 is 15.3 Å². The minimum absolute atomic E-state index is 0.106. The molecule has 82 valence electrons. The molecule has 3 N–H and O–H groups in total. The number of phenols is 2. The van der Waals surface area contributed by atoms with Gasteiger partial charge in [0, 0.05) is 6.42 Å². The molecule has 0 atom stereocenters. The van der Waals surface area contributed by atoms with E-state index in [1.807, 2.05) is 0 Å². The molecular weight excluding hydrogens is 196 g/mol. The van der Waals surface area contributed by atoms with Gasteiger partial charge in [0.25, 0.3) is 0 Å². The summed E-state index contributed by atoms with van der Waals surface area (Å²) in [4.78, 5) is 9.37. The number of benzene rings is 1. The molecule has 0 unspecified atom stereocenters. The second kappa shape index (κ2) is 6.48. The molecule has 0 radical (unpaired) electrons. The fourth-order valence-corrected chi connectivity index (χ4v) is 0.667. The van der Waals surface area contributed by atoms with Crippen molar-refractivity contribution in [3.63, 3.8) is 0 Å². The first-order chi connectivity index (χ1) is 7.01. The van der Waals surface area contributed by atoms with Gasteiger partial charge in [-0.2, -0.15) is 0 Å². The molecule has 0 saturated heterocycles. The second-order valence-corrected chi connectivity index (χ2v) is 2.70. The van der Waals surface area contributed by atoms with Crippen LogP contribution >= 0.6 is 0 Å². The van der Waals surface area contributed by atoms with Gasteiger partial charge in [-0.25, -0.2) is 0 Å². The zero-order valence-electron chi connectivity index (χ0n) is 8.47. The van der Waals surface area contributed by atoms with Crippen LogP contribution in [-0.2, 0) is 4.79 Å². The zero-order chi connectivity index (χ0) is 11.8. The Hall–Kier alpha value is -1.97. The maximum Gasteiger partial charge on any atom is 0.303 e. The SMILES string of the molecule is C=Cc1ccc(O)c(O)c1.CCC(=O)O. The number of hydrogen-bond acceptors (Lipinski definition) is 3. The Kier molecular flexibility index (Phi) is 5.63. The molecule has 0 aromatic heterocycles. The first-order valence-corrected chi connectivity index (χ1v) is 4.37. The number of hydrogen-bond donors (Lipinski definition) is 3. The van der Waals surface area contributed by atoms with Gasteiger partial charge in [-0.1, -0.05) is 25.6 Å². The van der Waals surface area contributed by atoms with Crippen LogP contribution in [0.15, 0.2) is 24.8 Å². The van der Waals surface area contributed by atoms with Crippen LogP contribution in [0.25, 0.3) is 6.08 Å². The van der Waals surface area contributed by atoms with E-state index in [4.69, 9.17) is 15.3 Å². The number of carboxylic acid groups (broad SMARTS) is 1. The highest BCUT2D eigenvalue weighted by Gasteiger charge is 1.96. The van der Waals surface area contributed by atoms with Gasteiger partial charge in [0.15, 0.2) is 11.5 Å². The minimum Gasteiger partial charge on any atom is -0.504 e. The van der Waals surface area contributed by atoms with Crippen molar-refractivity contribution in [3.8, 4) is 11.5 Å². The van der Waals surface area contributed by atoms with Crippen molar-refractivity contribution in [2.75, 3.05) is 0 Å². The average Bonchev–Trinajstić information content (AvgIpc) is 2.23. The lowest BCUT2D eigenvalue weighted by molar-refractivity contribution is -0.136. The third-order valence-corrected chi connectivity index (χ3v) is 1.54. The van der Waals surface area contributed by atoms with E-state index in [2.05, 4.69) is 6.58 Å². The maximum absolute atomic E-state index is 9.37. The van der Waals surface area contributed by atoms with E-state index in [1.165, 1.54) is 12.1 Å². The lowest BCUT2D eigenvalue weighted by atomic mass is 10.2. The lowest BCUT2D eigenvalue weighted by Crippen LogP contribution is -1.86. The van der Waals surface area contributed by atoms with Crippen LogP contribution in [0.3, 0.4) is 0 Å². The summed E-state index contributed by atoms with van der Waals surface area (Å²) in [6.45, 7) is 5.11. The Balaban J connectivity index is 0.000000336. The largest absolute Gasteiger partial charge is 0.504 e. The number of aliphatic carboxylic acids is 1. The van der Waals surface area contributed by atoms with Gasteiger partial charge in [-0.3, -0.25) is 4.79 Å². The molecule has 0 amide bonds. The van der Waals surface area contributed by atoms with Crippen LogP contribution in [0.4, 0.5) is 0 Å². The Morgan fingerprint density at radius 2 is 1.93 bits per heavy atom. The minimum atomic E-state index is -0.745. The molecule has 0 bridgehead atoms. The van der Waals surface area contributed by atoms with Crippen molar-refractivity contribution < 1.29 is 20.1 Å². The van der Waals surface area contributed by atoms with Crippen molar-refractivity contribution in [2.24, 2.45) is 0 Å². The second-order valence-electron chi connectivity index (χ2n) is 2.70. The third-order valence-electron chi connectivity index (χ3n) is 1.54. The Bertz CT molecular complexity index is 344. The molecule has 0 fully saturated rings. The molecule has 1 aromatic rings. The standard InChI is InChI=1S/C8H8O2.C3H6O2/c1-2-6-3-4-7(9)8(10)5-6;1-2-3(4)5/h2-5,9-10H,1H2;2H2,1H3,(H,4,5). The highest BCUT2D eigenvalue weighted by atomic mass is 16.4. The van der Waals surface area contributed by atoms with Crippen LogP contribution in [0, 0.1) is 0 Å². The van der Waals surface area contributed by atoms with E-state index in [0.717, 1.165) is 5.56 Å². The van der Waals surface area contributed by atoms with E-state index in [9.17, 15) is 4.79 Å². The van der Waals surface area contributed by atoms with Gasteiger partial charge in [-0.05, 0) is 17.7 Å². The van der Waals surface area contributed by atoms with Crippen molar-refractivity contribution in [1.29, 1.82) is 0 Å². The maximum atomic E-state index is 9.37. The van der Waals surface area contributed by atoms with Gasteiger partial charge in [0.2, 0.25) is 0 Å². The summed E-state index contributed by atoms with van der Waals surface area (Å²) in [5.74, 6) is -0.965. The lowest BCUT2D eigenvalue weighted by Gasteiger charge is -1.96. The molecule has 0 aliphatic rings. The number of phenolic OH excluding ortho intramolecular Hbond substituents is 2. The summed E-state index contributed by atoms with van der Waals surface area (Å²) < 4.78 is 0. The predicted molar refractivity (Wildman–Crippen MR) is 57.8 cm³/mol. The molecule has 0 spiro atoms. The fourth-order valence-electron chi connectivity index (χ4n) is 0.667. The van der Waals surface area contributed by atoms with Crippen LogP contribution in [0.1, 0.15) is 18.9 Å². The summed E-state index contributed by atoms with van der Waals surface area (Å²) in [6, 6.07) is 4.54. The van der Waals surface area contributed by atoms with Crippen LogP contribution in [0.5, 0.6) is 11.5 Å². The van der Waals surface area contributed by atoms with E-state index < -0.39 is 5.97 Å². The molecule has 1 rings (SSSR count). The molecular formula is C11H14O4. The summed E-state index contributed by atoms with van der Waals surface area (Å²) >= 11 is 0. The summed E-state index contributed by atoms with van der Waals surface area (Å²) in [7, 11) is 0. The van der Waals surface area contributed by atoms with Crippen molar-refractivity contribution >= 4 is 12.0 Å². The van der Waals surface area contributed by atoms with Crippen LogP contribution in [-0.4, -0.2) is 21.3 Å². The zero-order valence-corrected chi connectivity index (χ0v) is 8.47.